The van der Waals surface area contributed by atoms with Gasteiger partial charge in [-0.2, -0.15) is 0 Å². The summed E-state index contributed by atoms with van der Waals surface area (Å²) in [6.45, 7) is 5.11. The van der Waals surface area contributed by atoms with Crippen LogP contribution in [0.15, 0.2) is 54.6 Å². The summed E-state index contributed by atoms with van der Waals surface area (Å²) in [6, 6.07) is 17.8. The van der Waals surface area contributed by atoms with E-state index < -0.39 is 5.97 Å². The van der Waals surface area contributed by atoms with Crippen LogP contribution >= 0.6 is 0 Å². The fourth-order valence-electron chi connectivity index (χ4n) is 2.27. The molecule has 0 aliphatic rings. The van der Waals surface area contributed by atoms with Crippen molar-refractivity contribution in [3.63, 3.8) is 0 Å². The molecular weight excluding hydrogens is 262 g/mol. The molecule has 0 unspecified atom stereocenters. The predicted molar refractivity (Wildman–Crippen MR) is 84.6 cm³/mol. The highest BCUT2D eigenvalue weighted by Gasteiger charge is 2.13. The van der Waals surface area contributed by atoms with Gasteiger partial charge in [0, 0.05) is 12.6 Å². The van der Waals surface area contributed by atoms with Gasteiger partial charge in [0.1, 0.15) is 0 Å². The Bertz CT molecular complexity index is 578. The van der Waals surface area contributed by atoms with E-state index in [1.807, 2.05) is 18.2 Å². The molecule has 0 aliphatic heterocycles. The molecule has 2 aromatic rings. The van der Waals surface area contributed by atoms with E-state index in [2.05, 4.69) is 43.4 Å². The third kappa shape index (κ3) is 4.17. The summed E-state index contributed by atoms with van der Waals surface area (Å²) < 4.78 is 0. The molecule has 3 nitrogen and oxygen atoms in total. The van der Waals surface area contributed by atoms with Crippen LogP contribution in [0.2, 0.25) is 0 Å². The number of aromatic carboxylic acids is 1. The zero-order valence-electron chi connectivity index (χ0n) is 12.4. The Morgan fingerprint density at radius 1 is 1.05 bits per heavy atom. The van der Waals surface area contributed by atoms with Crippen LogP contribution in [-0.4, -0.2) is 17.1 Å². The molecule has 2 atom stereocenters. The molecule has 110 valence electrons. The molecule has 0 saturated heterocycles. The highest BCUT2D eigenvalue weighted by atomic mass is 16.4. The van der Waals surface area contributed by atoms with E-state index in [0.29, 0.717) is 17.5 Å². The molecule has 3 heteroatoms. The fourth-order valence-corrected chi connectivity index (χ4v) is 2.27. The normalized spacial score (nSPS) is 13.6. The average molecular weight is 283 g/mol. The van der Waals surface area contributed by atoms with E-state index in [1.54, 1.807) is 12.1 Å². The number of carboxylic acid groups (broad SMARTS) is 1. The van der Waals surface area contributed by atoms with Crippen molar-refractivity contribution in [2.24, 2.45) is 0 Å². The number of benzene rings is 2. The maximum absolute atomic E-state index is 10.8. The van der Waals surface area contributed by atoms with Gasteiger partial charge in [-0.05, 0) is 36.1 Å². The lowest BCUT2D eigenvalue weighted by Gasteiger charge is -2.22. The Labute approximate surface area is 125 Å². The van der Waals surface area contributed by atoms with Crippen molar-refractivity contribution >= 4 is 5.97 Å². The van der Waals surface area contributed by atoms with Crippen LogP contribution in [-0.2, 0) is 6.54 Å². The summed E-state index contributed by atoms with van der Waals surface area (Å²) in [5, 5.41) is 12.4. The van der Waals surface area contributed by atoms with E-state index in [9.17, 15) is 4.79 Å². The first-order valence-electron chi connectivity index (χ1n) is 7.18. The summed E-state index contributed by atoms with van der Waals surface area (Å²) in [5.74, 6) is -0.468. The maximum Gasteiger partial charge on any atom is 0.335 e. The summed E-state index contributed by atoms with van der Waals surface area (Å²) in [5.41, 5.74) is 2.73. The molecule has 0 saturated carbocycles. The summed E-state index contributed by atoms with van der Waals surface area (Å²) >= 11 is 0. The molecule has 0 amide bonds. The second-order valence-electron chi connectivity index (χ2n) is 5.37. The van der Waals surface area contributed by atoms with Gasteiger partial charge in [-0.25, -0.2) is 4.79 Å². The van der Waals surface area contributed by atoms with Gasteiger partial charge >= 0.3 is 5.97 Å². The van der Waals surface area contributed by atoms with Crippen LogP contribution in [0.1, 0.15) is 41.3 Å². The first-order valence-corrected chi connectivity index (χ1v) is 7.18. The minimum atomic E-state index is -0.888. The van der Waals surface area contributed by atoms with Crippen LogP contribution in [0.25, 0.3) is 0 Å². The SMILES string of the molecule is C[C@H](NCc1ccc(C(=O)O)cc1)[C@@H](C)c1ccccc1. The first kappa shape index (κ1) is 15.3. The minimum Gasteiger partial charge on any atom is -0.478 e. The largest absolute Gasteiger partial charge is 0.478 e. The van der Waals surface area contributed by atoms with Crippen molar-refractivity contribution in [2.45, 2.75) is 32.4 Å². The Balaban J connectivity index is 1.91. The van der Waals surface area contributed by atoms with Crippen molar-refractivity contribution in [1.82, 2.24) is 5.32 Å². The summed E-state index contributed by atoms with van der Waals surface area (Å²) in [6.07, 6.45) is 0. The molecule has 0 radical (unpaired) electrons. The van der Waals surface area contributed by atoms with Crippen molar-refractivity contribution < 1.29 is 9.90 Å². The predicted octanol–water partition coefficient (Wildman–Crippen LogP) is 3.67. The number of rotatable bonds is 6. The van der Waals surface area contributed by atoms with E-state index >= 15 is 0 Å². The third-order valence-electron chi connectivity index (χ3n) is 3.90. The minimum absolute atomic E-state index is 0.324. The van der Waals surface area contributed by atoms with Crippen LogP contribution in [0.5, 0.6) is 0 Å². The van der Waals surface area contributed by atoms with Crippen molar-refractivity contribution in [3.05, 3.63) is 71.3 Å². The quantitative estimate of drug-likeness (QED) is 0.850. The Kier molecular flexibility index (Phi) is 5.12. The Morgan fingerprint density at radius 2 is 1.67 bits per heavy atom. The van der Waals surface area contributed by atoms with Gasteiger partial charge < -0.3 is 10.4 Å². The highest BCUT2D eigenvalue weighted by Crippen LogP contribution is 2.18. The highest BCUT2D eigenvalue weighted by molar-refractivity contribution is 5.87. The molecular formula is C18H21NO2. The summed E-state index contributed by atoms with van der Waals surface area (Å²) in [4.78, 5) is 10.8. The third-order valence-corrected chi connectivity index (χ3v) is 3.90. The lowest BCUT2D eigenvalue weighted by Crippen LogP contribution is -2.30. The summed E-state index contributed by atoms with van der Waals surface area (Å²) in [7, 11) is 0. The molecule has 0 heterocycles. The number of nitrogens with one attached hydrogen (secondary N) is 1. The molecule has 0 spiro atoms. The fraction of sp³-hybridized carbons (Fsp3) is 0.278. The van der Waals surface area contributed by atoms with E-state index in [-0.39, 0.29) is 0 Å². The van der Waals surface area contributed by atoms with Crippen molar-refractivity contribution in [1.29, 1.82) is 0 Å². The molecule has 2 aromatic carbocycles. The molecule has 0 aliphatic carbocycles. The van der Waals surface area contributed by atoms with Crippen molar-refractivity contribution in [3.8, 4) is 0 Å². The molecule has 0 bridgehead atoms. The molecule has 0 fully saturated rings. The van der Waals surface area contributed by atoms with Gasteiger partial charge in [0.05, 0.1) is 5.56 Å². The molecule has 2 N–H and O–H groups in total. The Hall–Kier alpha value is -2.13. The second-order valence-corrected chi connectivity index (χ2v) is 5.37. The van der Waals surface area contributed by atoms with Crippen LogP contribution in [0, 0.1) is 0 Å². The van der Waals surface area contributed by atoms with E-state index in [1.165, 1.54) is 5.56 Å². The smallest absolute Gasteiger partial charge is 0.335 e. The van der Waals surface area contributed by atoms with E-state index in [4.69, 9.17) is 5.11 Å². The van der Waals surface area contributed by atoms with Crippen molar-refractivity contribution in [2.75, 3.05) is 0 Å². The monoisotopic (exact) mass is 283 g/mol. The van der Waals surface area contributed by atoms with Gasteiger partial charge in [-0.1, -0.05) is 49.4 Å². The van der Waals surface area contributed by atoms with Gasteiger partial charge in [-0.3, -0.25) is 0 Å². The standard InChI is InChI=1S/C18H21NO2/c1-13(16-6-4-3-5-7-16)14(2)19-12-15-8-10-17(11-9-15)18(20)21/h3-11,13-14,19H,12H2,1-2H3,(H,20,21)/t13-,14+/m1/s1. The number of carbonyl (C=O) groups is 1. The van der Waals surface area contributed by atoms with Crippen LogP contribution < -0.4 is 5.32 Å². The first-order chi connectivity index (χ1) is 10.1. The lowest BCUT2D eigenvalue weighted by molar-refractivity contribution is 0.0697. The molecule has 2 rings (SSSR count). The number of carboxylic acids is 1. The number of hydrogen-bond donors (Lipinski definition) is 2. The topological polar surface area (TPSA) is 49.3 Å². The van der Waals surface area contributed by atoms with Crippen LogP contribution in [0.4, 0.5) is 0 Å². The van der Waals surface area contributed by atoms with Gasteiger partial charge in [0.2, 0.25) is 0 Å². The van der Waals surface area contributed by atoms with E-state index in [0.717, 1.165) is 12.1 Å². The zero-order chi connectivity index (χ0) is 15.2. The van der Waals surface area contributed by atoms with Gasteiger partial charge in [0.15, 0.2) is 0 Å². The number of hydrogen-bond acceptors (Lipinski definition) is 2. The average Bonchev–Trinajstić information content (AvgIpc) is 2.53. The zero-order valence-corrected chi connectivity index (χ0v) is 12.4. The Morgan fingerprint density at radius 3 is 2.24 bits per heavy atom. The molecule has 0 aromatic heterocycles. The van der Waals surface area contributed by atoms with Gasteiger partial charge in [0.25, 0.3) is 0 Å². The van der Waals surface area contributed by atoms with Gasteiger partial charge in [-0.15, -0.1) is 0 Å². The van der Waals surface area contributed by atoms with Crippen LogP contribution in [0.3, 0.4) is 0 Å². The second kappa shape index (κ2) is 7.04. The lowest BCUT2D eigenvalue weighted by atomic mass is 9.94. The molecule has 21 heavy (non-hydrogen) atoms. The maximum atomic E-state index is 10.8.